The minimum Gasteiger partial charge on any atom is -0.493 e. The number of carbonyl (C=O) groups excluding carboxylic acids is 1. The van der Waals surface area contributed by atoms with Gasteiger partial charge in [-0.2, -0.15) is 4.98 Å². The largest absolute Gasteiger partial charge is 0.493 e. The number of aromatic hydroxyl groups is 1. The number of fused-ring (bicyclic) bond motifs is 1. The molecule has 0 unspecified atom stereocenters. The number of hydrogen-bond acceptors (Lipinski definition) is 9. The zero-order chi connectivity index (χ0) is 24.1. The van der Waals surface area contributed by atoms with Crippen LogP contribution in [0.1, 0.15) is 35.2 Å². The fourth-order valence-electron chi connectivity index (χ4n) is 4.47. The molecule has 184 valence electrons. The fourth-order valence-corrected chi connectivity index (χ4v) is 4.70. The van der Waals surface area contributed by atoms with Gasteiger partial charge in [-0.25, -0.2) is 4.98 Å². The molecule has 1 aromatic heterocycles. The van der Waals surface area contributed by atoms with Crippen LogP contribution in [-0.2, 0) is 11.2 Å². The predicted octanol–water partition coefficient (Wildman–Crippen LogP) is 2.06. The number of benzene rings is 1. The maximum absolute atomic E-state index is 13.2. The van der Waals surface area contributed by atoms with E-state index in [0.29, 0.717) is 47.7 Å². The number of nitrogens with zero attached hydrogens (tertiary/aromatic N) is 3. The lowest BCUT2D eigenvalue weighted by molar-refractivity contribution is 0.00636. The van der Waals surface area contributed by atoms with E-state index < -0.39 is 0 Å². The second-order valence-electron chi connectivity index (χ2n) is 8.54. The van der Waals surface area contributed by atoms with Crippen LogP contribution in [0.3, 0.4) is 0 Å². The number of aromatic nitrogens is 2. The summed E-state index contributed by atoms with van der Waals surface area (Å²) in [7, 11) is 1.67. The van der Waals surface area contributed by atoms with Crippen LogP contribution in [0.5, 0.6) is 11.6 Å². The Balaban J connectivity index is 1.30. The average molecular weight is 491 g/mol. The highest BCUT2D eigenvalue weighted by atomic mass is 35.5. The first-order valence-corrected chi connectivity index (χ1v) is 11.9. The van der Waals surface area contributed by atoms with Crippen molar-refractivity contribution >= 4 is 29.1 Å². The lowest BCUT2D eigenvalue weighted by Crippen LogP contribution is -2.55. The topological polar surface area (TPSA) is 135 Å². The highest BCUT2D eigenvalue weighted by Crippen LogP contribution is 2.38. The molecule has 1 fully saturated rings. The lowest BCUT2D eigenvalue weighted by atomic mass is 9.98. The Morgan fingerprint density at radius 1 is 1.47 bits per heavy atom. The first-order valence-electron chi connectivity index (χ1n) is 11.5. The third-order valence-corrected chi connectivity index (χ3v) is 6.58. The van der Waals surface area contributed by atoms with Crippen LogP contribution < -0.4 is 21.1 Å². The zero-order valence-electron chi connectivity index (χ0n) is 19.2. The van der Waals surface area contributed by atoms with Gasteiger partial charge in [0.2, 0.25) is 11.8 Å². The van der Waals surface area contributed by atoms with E-state index in [1.807, 2.05) is 0 Å². The monoisotopic (exact) mass is 490 g/mol. The number of nitrogen functional groups attached to an aromatic ring is 1. The number of ether oxygens (including phenoxy) is 2. The molecule has 34 heavy (non-hydrogen) atoms. The van der Waals surface area contributed by atoms with E-state index in [9.17, 15) is 9.90 Å². The number of hydrogen-bond donors (Lipinski definition) is 4. The first-order chi connectivity index (χ1) is 16.5. The van der Waals surface area contributed by atoms with E-state index in [1.165, 1.54) is 12.3 Å². The Morgan fingerprint density at radius 2 is 2.32 bits per heavy atom. The van der Waals surface area contributed by atoms with Crippen molar-refractivity contribution in [3.05, 3.63) is 34.5 Å². The third-order valence-electron chi connectivity index (χ3n) is 6.27. The Labute approximate surface area is 203 Å². The van der Waals surface area contributed by atoms with Gasteiger partial charge in [-0.05, 0) is 38.3 Å². The molecule has 1 aromatic carbocycles. The van der Waals surface area contributed by atoms with E-state index in [-0.39, 0.29) is 23.9 Å². The minimum absolute atomic E-state index is 0.0575. The number of nitrogens with one attached hydrogen (secondary N) is 2. The van der Waals surface area contributed by atoms with Crippen LogP contribution in [0.15, 0.2) is 18.3 Å². The molecule has 2 aromatic rings. The van der Waals surface area contributed by atoms with Gasteiger partial charge < -0.3 is 35.8 Å². The number of halogens is 1. The Hall–Kier alpha value is -2.82. The molecule has 0 radical (unpaired) electrons. The molecule has 2 atom stereocenters. The molecule has 5 N–H and O–H groups in total. The maximum atomic E-state index is 13.2. The van der Waals surface area contributed by atoms with E-state index in [1.54, 1.807) is 13.2 Å². The summed E-state index contributed by atoms with van der Waals surface area (Å²) in [4.78, 5) is 23.5. The van der Waals surface area contributed by atoms with Crippen molar-refractivity contribution < 1.29 is 19.4 Å². The van der Waals surface area contributed by atoms with Crippen LogP contribution in [-0.4, -0.2) is 77.9 Å². The number of carbonyl (C=O) groups is 1. The van der Waals surface area contributed by atoms with Crippen molar-refractivity contribution in [2.24, 2.45) is 0 Å². The van der Waals surface area contributed by atoms with Crippen LogP contribution in [0, 0.1) is 0 Å². The second kappa shape index (κ2) is 11.1. The average Bonchev–Trinajstić information content (AvgIpc) is 2.84. The lowest BCUT2D eigenvalue weighted by Gasteiger charge is -2.38. The number of piperidine rings is 1. The Bertz CT molecular complexity index is 1020. The van der Waals surface area contributed by atoms with Gasteiger partial charge in [0, 0.05) is 44.6 Å². The van der Waals surface area contributed by atoms with Crippen LogP contribution in [0.4, 0.5) is 11.6 Å². The molecule has 0 aliphatic carbocycles. The Kier molecular flexibility index (Phi) is 7.91. The summed E-state index contributed by atoms with van der Waals surface area (Å²) in [6.45, 7) is 3.65. The standard InChI is InChI=1S/C23H31ClN6O4/c1-33-18-13-30(9-3-7-26-23-27-8-5-19(31)29-23)10-6-17(18)28-22(32)15-12-16(24)20(25)14-4-2-11-34-21(14)15/h5,8,12,17-18H,2-4,6-7,9-11,13,25H2,1H3,(H,28,32)(H2,26,27,29,31)/t17-,18+/m1/s1. The van der Waals surface area contributed by atoms with Gasteiger partial charge in [-0.15, -0.1) is 0 Å². The quantitative estimate of drug-likeness (QED) is 0.324. The van der Waals surface area contributed by atoms with Gasteiger partial charge in [0.15, 0.2) is 0 Å². The molecule has 3 heterocycles. The molecule has 1 saturated heterocycles. The number of nitrogens with two attached hydrogens (primary N) is 1. The molecule has 1 amide bonds. The predicted molar refractivity (Wildman–Crippen MR) is 130 cm³/mol. The molecule has 2 aliphatic rings. The van der Waals surface area contributed by atoms with Gasteiger partial charge >= 0.3 is 0 Å². The molecule has 10 nitrogen and oxygen atoms in total. The summed E-state index contributed by atoms with van der Waals surface area (Å²) in [5, 5.41) is 16.0. The number of amides is 1. The molecule has 0 spiro atoms. The van der Waals surface area contributed by atoms with Gasteiger partial charge in [-0.1, -0.05) is 11.6 Å². The van der Waals surface area contributed by atoms with Gasteiger partial charge in [-0.3, -0.25) is 4.79 Å². The maximum Gasteiger partial charge on any atom is 0.255 e. The Morgan fingerprint density at radius 3 is 3.12 bits per heavy atom. The number of methoxy groups -OCH3 is 1. The SMILES string of the molecule is CO[C@H]1CN(CCCNc2nccc(O)n2)CC[C@H]1NC(=O)c1cc(Cl)c(N)c2c1OCCC2. The third kappa shape index (κ3) is 5.63. The molecule has 0 saturated carbocycles. The minimum atomic E-state index is -0.226. The number of anilines is 2. The number of rotatable bonds is 8. The fraction of sp³-hybridized carbons (Fsp3) is 0.522. The van der Waals surface area contributed by atoms with E-state index >= 15 is 0 Å². The smallest absolute Gasteiger partial charge is 0.255 e. The van der Waals surface area contributed by atoms with E-state index in [0.717, 1.165) is 44.3 Å². The highest BCUT2D eigenvalue weighted by molar-refractivity contribution is 6.33. The van der Waals surface area contributed by atoms with Gasteiger partial charge in [0.05, 0.1) is 35.0 Å². The first kappa shape index (κ1) is 24.3. The molecule has 4 rings (SSSR count). The summed E-state index contributed by atoms with van der Waals surface area (Å²) in [6.07, 6.45) is 4.60. The molecule has 0 bridgehead atoms. The van der Waals surface area contributed by atoms with Crippen molar-refractivity contribution in [2.75, 3.05) is 50.9 Å². The van der Waals surface area contributed by atoms with Crippen LogP contribution in [0.25, 0.3) is 0 Å². The van der Waals surface area contributed by atoms with Crippen molar-refractivity contribution in [3.8, 4) is 11.6 Å². The van der Waals surface area contributed by atoms with Crippen LogP contribution in [0.2, 0.25) is 5.02 Å². The summed E-state index contributed by atoms with van der Waals surface area (Å²) in [5.74, 6) is 0.666. The normalized spacial score (nSPS) is 20.3. The molecular weight excluding hydrogens is 460 g/mol. The van der Waals surface area contributed by atoms with Gasteiger partial charge in [0.25, 0.3) is 5.91 Å². The van der Waals surface area contributed by atoms with E-state index in [4.69, 9.17) is 26.8 Å². The zero-order valence-corrected chi connectivity index (χ0v) is 20.0. The van der Waals surface area contributed by atoms with Crippen molar-refractivity contribution in [1.82, 2.24) is 20.2 Å². The summed E-state index contributed by atoms with van der Waals surface area (Å²) in [6, 6.07) is 2.90. The number of likely N-dealkylation sites (tertiary alicyclic amines) is 1. The molecular formula is C23H31ClN6O4. The second-order valence-corrected chi connectivity index (χ2v) is 8.95. The van der Waals surface area contributed by atoms with Crippen molar-refractivity contribution in [3.63, 3.8) is 0 Å². The van der Waals surface area contributed by atoms with E-state index in [2.05, 4.69) is 25.5 Å². The van der Waals surface area contributed by atoms with Crippen LogP contribution >= 0.6 is 11.6 Å². The summed E-state index contributed by atoms with van der Waals surface area (Å²) in [5.41, 5.74) is 7.84. The molecule has 11 heteroatoms. The van der Waals surface area contributed by atoms with Crippen molar-refractivity contribution in [1.29, 1.82) is 0 Å². The molecule has 2 aliphatic heterocycles. The summed E-state index contributed by atoms with van der Waals surface area (Å²) >= 11 is 6.30. The van der Waals surface area contributed by atoms with Gasteiger partial charge in [0.1, 0.15) is 5.75 Å². The highest BCUT2D eigenvalue weighted by Gasteiger charge is 2.32. The van der Waals surface area contributed by atoms with Crippen molar-refractivity contribution in [2.45, 2.75) is 37.8 Å². The summed E-state index contributed by atoms with van der Waals surface area (Å²) < 4.78 is 11.5.